The molecule has 0 aromatic rings. The van der Waals surface area contributed by atoms with Crippen molar-refractivity contribution in [2.24, 2.45) is 5.11 Å². The fourth-order valence-electron chi connectivity index (χ4n) is 1.26. The van der Waals surface area contributed by atoms with E-state index < -0.39 is 18.2 Å². The maximum atomic E-state index is 11.3. The first-order chi connectivity index (χ1) is 6.54. The molecule has 0 aromatic heterocycles. The molecule has 1 fully saturated rings. The molecule has 1 aliphatic heterocycles. The van der Waals surface area contributed by atoms with Crippen LogP contribution in [0.15, 0.2) is 17.5 Å². The van der Waals surface area contributed by atoms with Gasteiger partial charge in [0.1, 0.15) is 6.04 Å². The summed E-state index contributed by atoms with van der Waals surface area (Å²) in [4.78, 5) is 12.6. The third-order valence-corrected chi connectivity index (χ3v) is 1.94. The molecule has 6 nitrogen and oxygen atoms in total. The molecule has 14 heavy (non-hydrogen) atoms. The first-order valence-corrected chi connectivity index (χ1v) is 4.21. The molecule has 1 aliphatic rings. The highest BCUT2D eigenvalue weighted by atomic mass is 16.6. The number of nitrogens with zero attached hydrogens (tertiary/aromatic N) is 2. The van der Waals surface area contributed by atoms with Crippen molar-refractivity contribution >= 4 is 6.09 Å². The number of carbonyl (C=O) groups excluding carboxylic acids is 1. The van der Waals surface area contributed by atoms with Gasteiger partial charge in [-0.25, -0.2) is 10.3 Å². The molecular formula is C8H13N3O3. The topological polar surface area (TPSA) is 86.0 Å². The number of likely N-dealkylation sites (tertiary alicyclic amines) is 1. The number of carbonyl (C=O) groups is 1. The molecule has 78 valence electrons. The number of hydrogen-bond acceptors (Lipinski definition) is 5. The zero-order valence-electron chi connectivity index (χ0n) is 7.93. The highest BCUT2D eigenvalue weighted by Crippen LogP contribution is 2.14. The summed E-state index contributed by atoms with van der Waals surface area (Å²) in [6, 6.07) is -0.535. The molecule has 6 heteroatoms. The smallest absolute Gasteiger partial charge is 0.415 e. The van der Waals surface area contributed by atoms with Gasteiger partial charge in [-0.05, 0) is 6.92 Å². The number of aliphatic hydroxyl groups is 1. The summed E-state index contributed by atoms with van der Waals surface area (Å²) in [5.41, 5.74) is 6.77. The molecule has 0 aromatic carbocycles. The highest BCUT2D eigenvalue weighted by Gasteiger charge is 2.34. The largest absolute Gasteiger partial charge is 0.416 e. The van der Waals surface area contributed by atoms with Crippen molar-refractivity contribution in [2.45, 2.75) is 19.1 Å². The minimum Gasteiger partial charge on any atom is -0.416 e. The number of amides is 1. The molecule has 2 unspecified atom stereocenters. The van der Waals surface area contributed by atoms with Crippen molar-refractivity contribution in [3.63, 3.8) is 0 Å². The van der Waals surface area contributed by atoms with Gasteiger partial charge in [-0.15, -0.1) is 0 Å². The number of ether oxygens (including phenoxy) is 1. The Labute approximate surface area is 81.7 Å². The van der Waals surface area contributed by atoms with Crippen molar-refractivity contribution in [1.29, 1.82) is 5.53 Å². The second kappa shape index (κ2) is 4.19. The molecule has 1 heterocycles. The number of nitrogens with one attached hydrogen (secondary N) is 1. The van der Waals surface area contributed by atoms with Gasteiger partial charge in [-0.1, -0.05) is 6.58 Å². The van der Waals surface area contributed by atoms with Gasteiger partial charge in [0.05, 0.1) is 25.0 Å². The zero-order valence-corrected chi connectivity index (χ0v) is 7.93. The van der Waals surface area contributed by atoms with Crippen molar-refractivity contribution in [1.82, 2.24) is 4.90 Å². The molecule has 0 bridgehead atoms. The Morgan fingerprint density at radius 1 is 1.71 bits per heavy atom. The first-order valence-electron chi connectivity index (χ1n) is 4.21. The molecule has 0 saturated carbocycles. The summed E-state index contributed by atoms with van der Waals surface area (Å²) in [6.45, 7) is 5.37. The van der Waals surface area contributed by atoms with Crippen LogP contribution in [0.25, 0.3) is 0 Å². The number of aliphatic hydroxyl groups excluding tert-OH is 1. The molecule has 1 saturated heterocycles. The van der Waals surface area contributed by atoms with Crippen LogP contribution >= 0.6 is 0 Å². The van der Waals surface area contributed by atoms with Gasteiger partial charge >= 0.3 is 6.09 Å². The van der Waals surface area contributed by atoms with E-state index in [1.807, 2.05) is 0 Å². The number of β-amino-alcohol motifs (C(OH)–C–C–N with tert-alkyl or cyclic N) is 1. The lowest BCUT2D eigenvalue weighted by atomic mass is 10.2. The van der Waals surface area contributed by atoms with Crippen LogP contribution in [0, 0.1) is 5.53 Å². The van der Waals surface area contributed by atoms with Crippen LogP contribution in [-0.2, 0) is 4.74 Å². The molecule has 0 spiro atoms. The fraction of sp³-hybridized carbons (Fsp3) is 0.625. The number of rotatable bonds is 2. The van der Waals surface area contributed by atoms with E-state index in [9.17, 15) is 9.90 Å². The maximum Gasteiger partial charge on any atom is 0.415 e. The first kappa shape index (κ1) is 10.6. The van der Waals surface area contributed by atoms with Gasteiger partial charge in [0, 0.05) is 0 Å². The van der Waals surface area contributed by atoms with E-state index in [-0.39, 0.29) is 13.1 Å². The Bertz CT molecular complexity index is 267. The molecule has 2 N–H and O–H groups in total. The zero-order chi connectivity index (χ0) is 10.7. The van der Waals surface area contributed by atoms with Gasteiger partial charge in [0.15, 0.2) is 0 Å². The van der Waals surface area contributed by atoms with Crippen molar-refractivity contribution in [3.05, 3.63) is 12.3 Å². The van der Waals surface area contributed by atoms with Crippen LogP contribution in [0.1, 0.15) is 6.92 Å². The van der Waals surface area contributed by atoms with E-state index in [2.05, 4.69) is 11.7 Å². The van der Waals surface area contributed by atoms with E-state index in [0.717, 1.165) is 0 Å². The Morgan fingerprint density at radius 2 is 2.36 bits per heavy atom. The van der Waals surface area contributed by atoms with Crippen LogP contribution in [-0.4, -0.2) is 41.3 Å². The van der Waals surface area contributed by atoms with Gasteiger partial charge < -0.3 is 14.7 Å². The monoisotopic (exact) mass is 199 g/mol. The average Bonchev–Trinajstić information content (AvgIpc) is 2.45. The second-order valence-corrected chi connectivity index (χ2v) is 3.24. The summed E-state index contributed by atoms with van der Waals surface area (Å²) < 4.78 is 4.75. The lowest BCUT2D eigenvalue weighted by molar-refractivity contribution is 0.126. The summed E-state index contributed by atoms with van der Waals surface area (Å²) >= 11 is 0. The quantitative estimate of drug-likeness (QED) is 0.507. The summed E-state index contributed by atoms with van der Waals surface area (Å²) in [5.74, 6) is 0.302. The van der Waals surface area contributed by atoms with Gasteiger partial charge in [-0.2, -0.15) is 5.11 Å². The Hall–Kier alpha value is -1.43. The standard InChI is InChI=1S/C8H13N3O3/c1-5(2)14-8(13)11-3-6(10-9)7(12)4-11/h6-7,9,12H,1,3-4H2,2H3. The Morgan fingerprint density at radius 3 is 2.79 bits per heavy atom. The maximum absolute atomic E-state index is 11.3. The SMILES string of the molecule is C=C(C)OC(=O)N1CC(O)C(N=N)C1. The van der Waals surface area contributed by atoms with Crippen LogP contribution in [0.4, 0.5) is 4.79 Å². The van der Waals surface area contributed by atoms with Crippen molar-refractivity contribution in [2.75, 3.05) is 13.1 Å². The Balaban J connectivity index is 2.52. The summed E-state index contributed by atoms with van der Waals surface area (Å²) in [5, 5.41) is 12.6. The van der Waals surface area contributed by atoms with Gasteiger partial charge in [0.25, 0.3) is 0 Å². The predicted molar refractivity (Wildman–Crippen MR) is 47.8 cm³/mol. The normalized spacial score (nSPS) is 26.0. The minimum absolute atomic E-state index is 0.152. The predicted octanol–water partition coefficient (Wildman–Crippen LogP) is 0.733. The van der Waals surface area contributed by atoms with Gasteiger partial charge in [0.2, 0.25) is 0 Å². The van der Waals surface area contributed by atoms with E-state index in [4.69, 9.17) is 10.3 Å². The summed E-state index contributed by atoms with van der Waals surface area (Å²) in [7, 11) is 0. The van der Waals surface area contributed by atoms with Gasteiger partial charge in [-0.3, -0.25) is 0 Å². The molecular weight excluding hydrogens is 186 g/mol. The number of allylic oxidation sites excluding steroid dienone is 1. The molecule has 1 amide bonds. The van der Waals surface area contributed by atoms with Crippen LogP contribution in [0.5, 0.6) is 0 Å². The number of hydrogen-bond donors (Lipinski definition) is 2. The molecule has 0 radical (unpaired) electrons. The highest BCUT2D eigenvalue weighted by molar-refractivity contribution is 5.69. The summed E-state index contributed by atoms with van der Waals surface area (Å²) in [6.07, 6.45) is -1.33. The molecule has 1 rings (SSSR count). The third kappa shape index (κ3) is 2.29. The lowest BCUT2D eigenvalue weighted by Gasteiger charge is -2.14. The van der Waals surface area contributed by atoms with E-state index in [0.29, 0.717) is 5.76 Å². The lowest BCUT2D eigenvalue weighted by Crippen LogP contribution is -2.29. The van der Waals surface area contributed by atoms with E-state index >= 15 is 0 Å². The average molecular weight is 199 g/mol. The minimum atomic E-state index is -0.773. The van der Waals surface area contributed by atoms with Crippen LogP contribution < -0.4 is 0 Å². The second-order valence-electron chi connectivity index (χ2n) is 3.24. The van der Waals surface area contributed by atoms with Crippen molar-refractivity contribution in [3.8, 4) is 0 Å². The van der Waals surface area contributed by atoms with E-state index in [1.165, 1.54) is 4.90 Å². The molecule has 0 aliphatic carbocycles. The fourth-order valence-corrected chi connectivity index (χ4v) is 1.26. The molecule has 2 atom stereocenters. The third-order valence-electron chi connectivity index (χ3n) is 1.94. The Kier molecular flexibility index (Phi) is 3.19. The van der Waals surface area contributed by atoms with Crippen LogP contribution in [0.3, 0.4) is 0 Å². The van der Waals surface area contributed by atoms with Crippen LogP contribution in [0.2, 0.25) is 0 Å². The van der Waals surface area contributed by atoms with Crippen molar-refractivity contribution < 1.29 is 14.6 Å². The van der Waals surface area contributed by atoms with E-state index in [1.54, 1.807) is 6.92 Å².